The fourth-order valence-electron chi connectivity index (χ4n) is 3.47. The van der Waals surface area contributed by atoms with Gasteiger partial charge in [-0.15, -0.1) is 0 Å². The predicted molar refractivity (Wildman–Crippen MR) is 138 cm³/mol. The van der Waals surface area contributed by atoms with Crippen molar-refractivity contribution in [1.82, 2.24) is 9.38 Å². The first-order valence-electron chi connectivity index (χ1n) is 11.5. The molecular formula is C26H23FN4O5S. The molecule has 0 unspecified atom stereocenters. The topological polar surface area (TPSA) is 119 Å². The zero-order valence-corrected chi connectivity index (χ0v) is 20.9. The second kappa shape index (κ2) is 11.1. The van der Waals surface area contributed by atoms with Crippen LogP contribution in [0.1, 0.15) is 56.0 Å². The smallest absolute Gasteiger partial charge is 0.338 e. The second-order valence-electron chi connectivity index (χ2n) is 8.12. The molecule has 37 heavy (non-hydrogen) atoms. The molecule has 4 aromatic rings. The van der Waals surface area contributed by atoms with Crippen LogP contribution in [0.2, 0.25) is 0 Å². The van der Waals surface area contributed by atoms with Gasteiger partial charge in [0.2, 0.25) is 0 Å². The van der Waals surface area contributed by atoms with Crippen molar-refractivity contribution in [3.05, 3.63) is 92.6 Å². The van der Waals surface area contributed by atoms with Gasteiger partial charge in [-0.1, -0.05) is 30.7 Å². The lowest BCUT2D eigenvalue weighted by molar-refractivity contribution is 0.0499. The summed E-state index contributed by atoms with van der Waals surface area (Å²) in [6.45, 7) is 3.90. The molecule has 11 heteroatoms. The van der Waals surface area contributed by atoms with Crippen LogP contribution in [0.25, 0.3) is 4.96 Å². The number of halogens is 1. The summed E-state index contributed by atoms with van der Waals surface area (Å²) in [7, 11) is 0. The highest BCUT2D eigenvalue weighted by Crippen LogP contribution is 2.24. The van der Waals surface area contributed by atoms with E-state index in [4.69, 9.17) is 4.74 Å². The van der Waals surface area contributed by atoms with Crippen molar-refractivity contribution in [3.8, 4) is 0 Å². The Morgan fingerprint density at radius 1 is 1.03 bits per heavy atom. The van der Waals surface area contributed by atoms with E-state index in [0.717, 1.165) is 28.6 Å². The molecule has 2 aromatic heterocycles. The molecule has 9 nitrogen and oxygen atoms in total. The number of benzene rings is 2. The maximum Gasteiger partial charge on any atom is 0.338 e. The Bertz CT molecular complexity index is 1550. The van der Waals surface area contributed by atoms with Crippen LogP contribution in [0.5, 0.6) is 0 Å². The summed E-state index contributed by atoms with van der Waals surface area (Å²) in [6.07, 6.45) is 1.61. The lowest BCUT2D eigenvalue weighted by Crippen LogP contribution is -2.25. The summed E-state index contributed by atoms with van der Waals surface area (Å²) in [5, 5.41) is 5.26. The number of aryl methyl sites for hydroxylation is 1. The number of rotatable bonds is 8. The summed E-state index contributed by atoms with van der Waals surface area (Å²) in [5.41, 5.74) is 0.505. The van der Waals surface area contributed by atoms with Gasteiger partial charge >= 0.3 is 5.97 Å². The number of fused-ring (bicyclic) bond motifs is 1. The Labute approximate surface area is 214 Å². The van der Waals surface area contributed by atoms with Gasteiger partial charge in [0.15, 0.2) is 4.96 Å². The number of hydrogen-bond donors (Lipinski definition) is 2. The van der Waals surface area contributed by atoms with Crippen LogP contribution < -0.4 is 16.2 Å². The minimum Gasteiger partial charge on any atom is -0.462 e. The van der Waals surface area contributed by atoms with E-state index in [1.54, 1.807) is 25.1 Å². The molecule has 0 saturated heterocycles. The van der Waals surface area contributed by atoms with Crippen LogP contribution in [0.4, 0.5) is 15.8 Å². The number of anilines is 2. The van der Waals surface area contributed by atoms with Crippen molar-refractivity contribution < 1.29 is 23.5 Å². The van der Waals surface area contributed by atoms with E-state index < -0.39 is 29.2 Å². The summed E-state index contributed by atoms with van der Waals surface area (Å²) in [6, 6.07) is 12.5. The molecule has 2 N–H and O–H groups in total. The highest BCUT2D eigenvalue weighted by Gasteiger charge is 2.26. The Morgan fingerprint density at radius 2 is 1.76 bits per heavy atom. The van der Waals surface area contributed by atoms with Gasteiger partial charge in [0.05, 0.1) is 12.2 Å². The van der Waals surface area contributed by atoms with Crippen molar-refractivity contribution in [2.45, 2.75) is 26.7 Å². The average Bonchev–Trinajstić information content (AvgIpc) is 3.26. The quantitative estimate of drug-likeness (QED) is 0.257. The predicted octanol–water partition coefficient (Wildman–Crippen LogP) is 4.67. The normalized spacial score (nSPS) is 10.8. The maximum absolute atomic E-state index is 13.4. The third kappa shape index (κ3) is 5.89. The number of aromatic nitrogens is 2. The Hall–Kier alpha value is -4.38. The maximum atomic E-state index is 13.4. The van der Waals surface area contributed by atoms with Crippen LogP contribution in [0, 0.1) is 12.7 Å². The molecule has 0 atom stereocenters. The van der Waals surface area contributed by atoms with Gasteiger partial charge in [0.25, 0.3) is 17.4 Å². The lowest BCUT2D eigenvalue weighted by Gasteiger charge is -2.09. The molecule has 0 fully saturated rings. The molecular weight excluding hydrogens is 499 g/mol. The highest BCUT2D eigenvalue weighted by molar-refractivity contribution is 7.19. The van der Waals surface area contributed by atoms with E-state index in [9.17, 15) is 23.6 Å². The van der Waals surface area contributed by atoms with Gasteiger partial charge in [0.1, 0.15) is 16.4 Å². The summed E-state index contributed by atoms with van der Waals surface area (Å²) >= 11 is 0.872. The third-order valence-electron chi connectivity index (χ3n) is 5.26. The van der Waals surface area contributed by atoms with Gasteiger partial charge in [-0.3, -0.25) is 14.4 Å². The highest BCUT2D eigenvalue weighted by atomic mass is 32.1. The number of carbonyl (C=O) groups excluding carboxylic acids is 3. The number of thiazole rings is 1. The molecule has 2 heterocycles. The first-order chi connectivity index (χ1) is 17.8. The summed E-state index contributed by atoms with van der Waals surface area (Å²) < 4.78 is 19.5. The Balaban J connectivity index is 1.68. The van der Waals surface area contributed by atoms with Crippen molar-refractivity contribution in [1.29, 1.82) is 0 Å². The first kappa shape index (κ1) is 25.7. The van der Waals surface area contributed by atoms with Gasteiger partial charge in [0, 0.05) is 23.1 Å². The summed E-state index contributed by atoms with van der Waals surface area (Å²) in [5.74, 6) is -2.42. The molecule has 2 amide bonds. The van der Waals surface area contributed by atoms with E-state index in [1.807, 2.05) is 6.92 Å². The second-order valence-corrected chi connectivity index (χ2v) is 9.10. The van der Waals surface area contributed by atoms with Crippen molar-refractivity contribution >= 4 is 45.5 Å². The molecule has 2 aromatic carbocycles. The van der Waals surface area contributed by atoms with Gasteiger partial charge < -0.3 is 15.4 Å². The van der Waals surface area contributed by atoms with E-state index >= 15 is 0 Å². The molecule has 4 rings (SSSR count). The van der Waals surface area contributed by atoms with E-state index in [1.165, 1.54) is 36.4 Å². The monoisotopic (exact) mass is 522 g/mol. The SMILES string of the molecule is CCCCOC(=O)c1cccc(NC(=O)c2c(C(=O)Nc3ccc(F)cc3)sc3nc(C)cc(=O)n23)c1. The van der Waals surface area contributed by atoms with E-state index in [-0.39, 0.29) is 33.4 Å². The molecule has 0 saturated carbocycles. The summed E-state index contributed by atoms with van der Waals surface area (Å²) in [4.78, 5) is 56.0. The number of esters is 1. The van der Waals surface area contributed by atoms with Crippen LogP contribution in [-0.4, -0.2) is 33.8 Å². The van der Waals surface area contributed by atoms with Gasteiger partial charge in [-0.2, -0.15) is 0 Å². The lowest BCUT2D eigenvalue weighted by atomic mass is 10.2. The molecule has 0 radical (unpaired) electrons. The van der Waals surface area contributed by atoms with Crippen molar-refractivity contribution in [3.63, 3.8) is 0 Å². The number of carbonyl (C=O) groups is 3. The minimum atomic E-state index is -0.750. The number of nitrogens with zero attached hydrogens (tertiary/aromatic N) is 2. The molecule has 0 aliphatic rings. The van der Waals surface area contributed by atoms with Crippen LogP contribution >= 0.6 is 11.3 Å². The van der Waals surface area contributed by atoms with Crippen LogP contribution in [0.15, 0.2) is 59.4 Å². The van der Waals surface area contributed by atoms with Crippen LogP contribution in [0.3, 0.4) is 0 Å². The van der Waals surface area contributed by atoms with E-state index in [0.29, 0.717) is 11.4 Å². The number of amides is 2. The zero-order valence-electron chi connectivity index (χ0n) is 20.0. The molecule has 0 bridgehead atoms. The molecule has 0 spiro atoms. The fraction of sp³-hybridized carbons (Fsp3) is 0.192. The van der Waals surface area contributed by atoms with Crippen molar-refractivity contribution in [2.75, 3.05) is 17.2 Å². The van der Waals surface area contributed by atoms with Crippen molar-refractivity contribution in [2.24, 2.45) is 0 Å². The average molecular weight is 523 g/mol. The Morgan fingerprint density at radius 3 is 2.49 bits per heavy atom. The van der Waals surface area contributed by atoms with Gasteiger partial charge in [-0.25, -0.2) is 18.6 Å². The first-order valence-corrected chi connectivity index (χ1v) is 12.3. The molecule has 0 aliphatic heterocycles. The third-order valence-corrected chi connectivity index (χ3v) is 6.30. The number of ether oxygens (including phenoxy) is 1. The zero-order chi connectivity index (χ0) is 26.5. The number of hydrogen-bond acceptors (Lipinski definition) is 7. The number of unbranched alkanes of at least 4 members (excludes halogenated alkanes) is 1. The Kier molecular flexibility index (Phi) is 7.73. The fourth-order valence-corrected chi connectivity index (χ4v) is 4.54. The minimum absolute atomic E-state index is 0.0628. The molecule has 0 aliphatic carbocycles. The number of nitrogens with one attached hydrogen (secondary N) is 2. The molecule has 190 valence electrons. The standard InChI is InChI=1S/C26H23FN4O5S/c1-3-4-12-36-25(35)16-6-5-7-19(14-16)30-23(33)21-22(24(34)29-18-10-8-17(27)9-11-18)37-26-28-15(2)13-20(32)31(21)26/h5-11,13-14H,3-4,12H2,1-2H3,(H,29,34)(H,30,33). The van der Waals surface area contributed by atoms with Gasteiger partial charge in [-0.05, 0) is 55.8 Å². The van der Waals surface area contributed by atoms with E-state index in [2.05, 4.69) is 15.6 Å². The largest absolute Gasteiger partial charge is 0.462 e. The van der Waals surface area contributed by atoms with Crippen LogP contribution in [-0.2, 0) is 4.74 Å².